The average molecular weight is 496 g/mol. The summed E-state index contributed by atoms with van der Waals surface area (Å²) in [6.07, 6.45) is 1.85. The van der Waals surface area contributed by atoms with Crippen molar-refractivity contribution in [2.75, 3.05) is 0 Å². The van der Waals surface area contributed by atoms with Crippen molar-refractivity contribution in [2.45, 2.75) is 20.4 Å². The van der Waals surface area contributed by atoms with Crippen LogP contribution < -0.4 is 0 Å². The SMILES string of the molecule is ClC(Cl)(Cl)c1nc(-c2ccc(CCc3ccccc3)cc2)nc(C(Cl)(Cl)Cl)n1. The van der Waals surface area contributed by atoms with E-state index in [0.29, 0.717) is 5.56 Å². The Morgan fingerprint density at radius 1 is 0.571 bits per heavy atom. The molecule has 9 heteroatoms. The molecule has 3 nitrogen and oxygen atoms in total. The number of aromatic nitrogens is 3. The second kappa shape index (κ2) is 8.91. The Bertz CT molecular complexity index is 902. The minimum Gasteiger partial charge on any atom is -0.209 e. The molecule has 0 aliphatic heterocycles. The molecule has 0 aliphatic carbocycles. The monoisotopic (exact) mass is 493 g/mol. The van der Waals surface area contributed by atoms with E-state index in [4.69, 9.17) is 69.6 Å². The zero-order valence-electron chi connectivity index (χ0n) is 14.2. The number of nitrogens with zero attached hydrogens (tertiary/aromatic N) is 3. The highest BCUT2D eigenvalue weighted by molar-refractivity contribution is 6.67. The summed E-state index contributed by atoms with van der Waals surface area (Å²) in [7, 11) is 0. The van der Waals surface area contributed by atoms with E-state index in [1.54, 1.807) is 0 Å². The van der Waals surface area contributed by atoms with Crippen LogP contribution in [0.4, 0.5) is 0 Å². The Morgan fingerprint density at radius 3 is 1.50 bits per heavy atom. The minimum absolute atomic E-state index is 0.114. The van der Waals surface area contributed by atoms with Gasteiger partial charge in [0.2, 0.25) is 7.59 Å². The third-order valence-electron chi connectivity index (χ3n) is 3.90. The molecule has 1 aromatic heterocycles. The van der Waals surface area contributed by atoms with Gasteiger partial charge < -0.3 is 0 Å². The van der Waals surface area contributed by atoms with Gasteiger partial charge in [0.1, 0.15) is 0 Å². The van der Waals surface area contributed by atoms with Crippen molar-refractivity contribution in [2.24, 2.45) is 0 Å². The molecular formula is C19H13Cl6N3. The lowest BCUT2D eigenvalue weighted by Gasteiger charge is -2.15. The lowest BCUT2D eigenvalue weighted by atomic mass is 10.0. The molecular weight excluding hydrogens is 483 g/mol. The largest absolute Gasteiger partial charge is 0.250 e. The maximum absolute atomic E-state index is 5.91. The number of halogens is 6. The van der Waals surface area contributed by atoms with Gasteiger partial charge in [-0.15, -0.1) is 0 Å². The van der Waals surface area contributed by atoms with E-state index < -0.39 is 7.59 Å². The molecule has 0 saturated carbocycles. The molecule has 0 bridgehead atoms. The summed E-state index contributed by atoms with van der Waals surface area (Å²) in [5, 5.41) is 0. The predicted molar refractivity (Wildman–Crippen MR) is 118 cm³/mol. The van der Waals surface area contributed by atoms with Gasteiger partial charge in [-0.3, -0.25) is 0 Å². The number of benzene rings is 2. The molecule has 0 saturated heterocycles. The van der Waals surface area contributed by atoms with Crippen molar-refractivity contribution >= 4 is 69.6 Å². The van der Waals surface area contributed by atoms with E-state index in [1.807, 2.05) is 42.5 Å². The zero-order valence-corrected chi connectivity index (χ0v) is 18.8. The maximum atomic E-state index is 5.91. The van der Waals surface area contributed by atoms with E-state index in [2.05, 4.69) is 27.1 Å². The fourth-order valence-corrected chi connectivity index (χ4v) is 3.02. The van der Waals surface area contributed by atoms with Crippen LogP contribution in [0.1, 0.15) is 22.8 Å². The van der Waals surface area contributed by atoms with E-state index in [0.717, 1.165) is 12.8 Å². The van der Waals surface area contributed by atoms with Gasteiger partial charge in [0.15, 0.2) is 17.5 Å². The normalized spacial score (nSPS) is 12.2. The Hall–Kier alpha value is -0.810. The molecule has 0 unspecified atom stereocenters. The number of hydrogen-bond donors (Lipinski definition) is 0. The van der Waals surface area contributed by atoms with Crippen molar-refractivity contribution in [1.29, 1.82) is 0 Å². The van der Waals surface area contributed by atoms with Crippen LogP contribution in [0.5, 0.6) is 0 Å². The van der Waals surface area contributed by atoms with E-state index >= 15 is 0 Å². The van der Waals surface area contributed by atoms with Crippen LogP contribution in [-0.4, -0.2) is 15.0 Å². The molecule has 2 aromatic carbocycles. The molecule has 0 atom stereocenters. The van der Waals surface area contributed by atoms with Crippen molar-refractivity contribution in [3.8, 4) is 11.4 Å². The standard InChI is InChI=1S/C19H13Cl6N3/c20-18(21,22)16-26-15(27-17(28-16)19(23,24)25)14-10-8-13(9-11-14)7-6-12-4-2-1-3-5-12/h1-5,8-11H,6-7H2. The van der Waals surface area contributed by atoms with Crippen LogP contribution in [0.2, 0.25) is 0 Å². The summed E-state index contributed by atoms with van der Waals surface area (Å²) in [6.45, 7) is 0. The quantitative estimate of drug-likeness (QED) is 0.366. The van der Waals surface area contributed by atoms with Crippen molar-refractivity contribution in [3.05, 3.63) is 77.4 Å². The van der Waals surface area contributed by atoms with Gasteiger partial charge in [0.25, 0.3) is 0 Å². The first-order chi connectivity index (χ1) is 13.1. The molecule has 3 aromatic rings. The molecule has 146 valence electrons. The summed E-state index contributed by atoms with van der Waals surface area (Å²) in [5.74, 6) is 0.0289. The zero-order chi connectivity index (χ0) is 20.4. The van der Waals surface area contributed by atoms with Gasteiger partial charge in [-0.25, -0.2) is 15.0 Å². The molecule has 0 spiro atoms. The van der Waals surface area contributed by atoms with Gasteiger partial charge in [0.05, 0.1) is 0 Å². The van der Waals surface area contributed by atoms with Gasteiger partial charge in [0, 0.05) is 5.56 Å². The highest BCUT2D eigenvalue weighted by Crippen LogP contribution is 2.40. The van der Waals surface area contributed by atoms with Gasteiger partial charge in [-0.05, 0) is 24.0 Å². The molecule has 0 amide bonds. The summed E-state index contributed by atoms with van der Waals surface area (Å²) in [6, 6.07) is 18.0. The van der Waals surface area contributed by atoms with E-state index in [9.17, 15) is 0 Å². The van der Waals surface area contributed by atoms with Crippen molar-refractivity contribution in [3.63, 3.8) is 0 Å². The Balaban J connectivity index is 1.86. The lowest BCUT2D eigenvalue weighted by molar-refractivity contribution is 0.851. The third kappa shape index (κ3) is 5.85. The fourth-order valence-electron chi connectivity index (χ4n) is 2.51. The molecule has 1 heterocycles. The summed E-state index contributed by atoms with van der Waals surface area (Å²) in [5.41, 5.74) is 3.14. The molecule has 0 radical (unpaired) electrons. The first-order valence-corrected chi connectivity index (χ1v) is 10.4. The molecule has 28 heavy (non-hydrogen) atoms. The van der Waals surface area contributed by atoms with Crippen molar-refractivity contribution < 1.29 is 0 Å². The van der Waals surface area contributed by atoms with Gasteiger partial charge in [-0.1, -0.05) is 124 Å². The number of aryl methyl sites for hydroxylation is 2. The van der Waals surface area contributed by atoms with Crippen LogP contribution in [0.15, 0.2) is 54.6 Å². The summed E-state index contributed by atoms with van der Waals surface area (Å²) >= 11 is 35.5. The second-order valence-electron chi connectivity index (χ2n) is 5.98. The minimum atomic E-state index is -1.88. The predicted octanol–water partition coefficient (Wildman–Crippen LogP) is 6.98. The molecule has 0 fully saturated rings. The van der Waals surface area contributed by atoms with Gasteiger partial charge >= 0.3 is 0 Å². The lowest BCUT2D eigenvalue weighted by Crippen LogP contribution is -2.16. The Labute approximate surface area is 192 Å². The first-order valence-electron chi connectivity index (χ1n) is 8.16. The van der Waals surface area contributed by atoms with Crippen LogP contribution in [0.25, 0.3) is 11.4 Å². The molecule has 0 aliphatic rings. The first kappa shape index (κ1) is 21.9. The second-order valence-corrected chi connectivity index (χ2v) is 10.5. The average Bonchev–Trinajstić information content (AvgIpc) is 2.66. The van der Waals surface area contributed by atoms with Crippen LogP contribution in [0, 0.1) is 0 Å². The summed E-state index contributed by atoms with van der Waals surface area (Å²) < 4.78 is -3.75. The molecule has 0 N–H and O–H groups in total. The topological polar surface area (TPSA) is 38.7 Å². The Morgan fingerprint density at radius 2 is 1.04 bits per heavy atom. The highest BCUT2D eigenvalue weighted by atomic mass is 35.6. The van der Waals surface area contributed by atoms with Crippen LogP contribution in [0.3, 0.4) is 0 Å². The molecule has 3 rings (SSSR count). The maximum Gasteiger partial charge on any atom is 0.250 e. The smallest absolute Gasteiger partial charge is 0.209 e. The van der Waals surface area contributed by atoms with E-state index in [-0.39, 0.29) is 17.5 Å². The fraction of sp³-hybridized carbons (Fsp3) is 0.211. The van der Waals surface area contributed by atoms with Gasteiger partial charge in [-0.2, -0.15) is 0 Å². The number of hydrogen-bond acceptors (Lipinski definition) is 3. The van der Waals surface area contributed by atoms with Crippen LogP contribution in [-0.2, 0) is 20.4 Å². The number of alkyl halides is 6. The summed E-state index contributed by atoms with van der Waals surface area (Å²) in [4.78, 5) is 12.4. The third-order valence-corrected chi connectivity index (χ3v) is 4.91. The van der Waals surface area contributed by atoms with Crippen LogP contribution >= 0.6 is 69.6 Å². The number of rotatable bonds is 4. The highest BCUT2D eigenvalue weighted by Gasteiger charge is 2.33. The van der Waals surface area contributed by atoms with E-state index in [1.165, 1.54) is 11.1 Å². The van der Waals surface area contributed by atoms with Crippen molar-refractivity contribution in [1.82, 2.24) is 15.0 Å². The Kier molecular flexibility index (Phi) is 6.96.